The molecular formula is C12H16N2O. The molecule has 0 radical (unpaired) electrons. The lowest BCUT2D eigenvalue weighted by atomic mass is 9.96. The number of anilines is 1. The van der Waals surface area contributed by atoms with Crippen LogP contribution < -0.4 is 10.1 Å². The van der Waals surface area contributed by atoms with Crippen LogP contribution in [0.5, 0.6) is 5.75 Å². The highest BCUT2D eigenvalue weighted by molar-refractivity contribution is 5.56. The van der Waals surface area contributed by atoms with Crippen LogP contribution in [-0.2, 0) is 0 Å². The zero-order chi connectivity index (χ0) is 11.3. The van der Waals surface area contributed by atoms with Crippen molar-refractivity contribution >= 4 is 5.69 Å². The van der Waals surface area contributed by atoms with Crippen LogP contribution >= 0.6 is 0 Å². The Labute approximate surface area is 90.7 Å². The van der Waals surface area contributed by atoms with Crippen molar-refractivity contribution in [1.29, 1.82) is 5.26 Å². The first-order valence-corrected chi connectivity index (χ1v) is 4.87. The van der Waals surface area contributed by atoms with E-state index in [-0.39, 0.29) is 5.41 Å². The monoisotopic (exact) mass is 204 g/mol. The quantitative estimate of drug-likeness (QED) is 0.820. The Hall–Kier alpha value is -1.69. The Morgan fingerprint density at radius 3 is 2.67 bits per heavy atom. The second-order valence-corrected chi connectivity index (χ2v) is 4.05. The maximum absolute atomic E-state index is 8.88. The van der Waals surface area contributed by atoms with E-state index in [1.807, 2.05) is 38.1 Å². The number of para-hydroxylation sites is 2. The fraction of sp³-hybridized carbons (Fsp3) is 0.417. The molecule has 0 heterocycles. The summed E-state index contributed by atoms with van der Waals surface area (Å²) < 4.78 is 5.20. The molecule has 0 unspecified atom stereocenters. The molecule has 0 saturated heterocycles. The van der Waals surface area contributed by atoms with Crippen molar-refractivity contribution in [2.75, 3.05) is 19.0 Å². The molecule has 1 aromatic carbocycles. The molecule has 0 aliphatic heterocycles. The second-order valence-electron chi connectivity index (χ2n) is 4.05. The molecule has 0 atom stereocenters. The lowest BCUT2D eigenvalue weighted by molar-refractivity contribution is 0.415. The molecule has 0 aliphatic rings. The number of ether oxygens (including phenoxy) is 1. The molecule has 0 saturated carbocycles. The van der Waals surface area contributed by atoms with E-state index in [1.54, 1.807) is 7.11 Å². The van der Waals surface area contributed by atoms with Crippen molar-refractivity contribution in [3.8, 4) is 11.8 Å². The summed E-state index contributed by atoms with van der Waals surface area (Å²) in [6.45, 7) is 4.40. The molecule has 0 aromatic heterocycles. The van der Waals surface area contributed by atoms with Gasteiger partial charge in [-0.05, 0) is 26.0 Å². The average Bonchev–Trinajstić information content (AvgIpc) is 2.27. The first-order chi connectivity index (χ1) is 7.09. The summed E-state index contributed by atoms with van der Waals surface area (Å²) in [6, 6.07) is 9.92. The molecule has 0 amide bonds. The van der Waals surface area contributed by atoms with Gasteiger partial charge in [-0.3, -0.25) is 0 Å². The predicted molar refractivity (Wildman–Crippen MR) is 60.9 cm³/mol. The van der Waals surface area contributed by atoms with Gasteiger partial charge in [-0.25, -0.2) is 0 Å². The van der Waals surface area contributed by atoms with Crippen molar-refractivity contribution in [3.05, 3.63) is 24.3 Å². The number of benzene rings is 1. The lowest BCUT2D eigenvalue weighted by Gasteiger charge is -2.18. The summed E-state index contributed by atoms with van der Waals surface area (Å²) in [5, 5.41) is 12.1. The summed E-state index contributed by atoms with van der Waals surface area (Å²) in [5.41, 5.74) is 0.546. The number of methoxy groups -OCH3 is 1. The van der Waals surface area contributed by atoms with Gasteiger partial charge in [-0.2, -0.15) is 5.26 Å². The third kappa shape index (κ3) is 3.17. The van der Waals surface area contributed by atoms with E-state index in [0.29, 0.717) is 6.54 Å². The van der Waals surface area contributed by atoms with E-state index >= 15 is 0 Å². The first kappa shape index (κ1) is 11.4. The van der Waals surface area contributed by atoms with Gasteiger partial charge in [-0.15, -0.1) is 0 Å². The summed E-state index contributed by atoms with van der Waals surface area (Å²) in [6.07, 6.45) is 0. The van der Waals surface area contributed by atoms with Crippen molar-refractivity contribution in [1.82, 2.24) is 0 Å². The standard InChI is InChI=1S/C12H16N2O/c1-12(2,8-13)9-14-10-6-4-5-7-11(10)15-3/h4-7,14H,9H2,1-3H3. The van der Waals surface area contributed by atoms with Gasteiger partial charge in [0.2, 0.25) is 0 Å². The van der Waals surface area contributed by atoms with Crippen LogP contribution in [0.4, 0.5) is 5.69 Å². The normalized spacial score (nSPS) is 10.5. The fourth-order valence-corrected chi connectivity index (χ4v) is 1.15. The van der Waals surface area contributed by atoms with E-state index in [9.17, 15) is 0 Å². The van der Waals surface area contributed by atoms with Crippen molar-refractivity contribution in [3.63, 3.8) is 0 Å². The number of hydrogen-bond acceptors (Lipinski definition) is 3. The molecule has 0 bridgehead atoms. The maximum Gasteiger partial charge on any atom is 0.141 e. The molecular weight excluding hydrogens is 188 g/mol. The zero-order valence-corrected chi connectivity index (χ0v) is 9.37. The van der Waals surface area contributed by atoms with Crippen molar-refractivity contribution < 1.29 is 4.74 Å². The summed E-state index contributed by atoms with van der Waals surface area (Å²) in [5.74, 6) is 0.797. The number of nitriles is 1. The van der Waals surface area contributed by atoms with Gasteiger partial charge in [0.15, 0.2) is 0 Å². The molecule has 1 rings (SSSR count). The minimum Gasteiger partial charge on any atom is -0.495 e. The summed E-state index contributed by atoms with van der Waals surface area (Å²) in [4.78, 5) is 0. The largest absolute Gasteiger partial charge is 0.495 e. The fourth-order valence-electron chi connectivity index (χ4n) is 1.15. The molecule has 15 heavy (non-hydrogen) atoms. The van der Waals surface area contributed by atoms with Crippen LogP contribution in [0.25, 0.3) is 0 Å². The number of nitrogens with one attached hydrogen (secondary N) is 1. The third-order valence-corrected chi connectivity index (χ3v) is 2.13. The molecule has 0 fully saturated rings. The molecule has 1 aromatic rings. The second kappa shape index (κ2) is 4.70. The van der Waals surface area contributed by atoms with Gasteiger partial charge < -0.3 is 10.1 Å². The average molecular weight is 204 g/mol. The summed E-state index contributed by atoms with van der Waals surface area (Å²) >= 11 is 0. The van der Waals surface area contributed by atoms with Gasteiger partial charge in [0.1, 0.15) is 5.75 Å². The van der Waals surface area contributed by atoms with Crippen LogP contribution in [0, 0.1) is 16.7 Å². The summed E-state index contributed by atoms with van der Waals surface area (Å²) in [7, 11) is 1.63. The van der Waals surface area contributed by atoms with E-state index in [0.717, 1.165) is 11.4 Å². The minimum absolute atomic E-state index is 0.374. The highest BCUT2D eigenvalue weighted by Gasteiger charge is 2.16. The van der Waals surface area contributed by atoms with E-state index in [4.69, 9.17) is 10.00 Å². The van der Waals surface area contributed by atoms with Crippen LogP contribution in [0.2, 0.25) is 0 Å². The number of rotatable bonds is 4. The topological polar surface area (TPSA) is 45.0 Å². The molecule has 1 N–H and O–H groups in total. The first-order valence-electron chi connectivity index (χ1n) is 4.87. The van der Waals surface area contributed by atoms with Crippen LogP contribution in [0.3, 0.4) is 0 Å². The Bertz CT molecular complexity index is 366. The Morgan fingerprint density at radius 1 is 1.40 bits per heavy atom. The molecule has 3 nitrogen and oxygen atoms in total. The molecule has 0 spiro atoms. The molecule has 0 aliphatic carbocycles. The van der Waals surface area contributed by atoms with Crippen LogP contribution in [0.1, 0.15) is 13.8 Å². The number of hydrogen-bond donors (Lipinski definition) is 1. The smallest absolute Gasteiger partial charge is 0.141 e. The van der Waals surface area contributed by atoms with Crippen molar-refractivity contribution in [2.24, 2.45) is 5.41 Å². The highest BCUT2D eigenvalue weighted by atomic mass is 16.5. The van der Waals surface area contributed by atoms with Gasteiger partial charge in [-0.1, -0.05) is 12.1 Å². The zero-order valence-electron chi connectivity index (χ0n) is 9.37. The van der Waals surface area contributed by atoms with Crippen LogP contribution in [0.15, 0.2) is 24.3 Å². The third-order valence-electron chi connectivity index (χ3n) is 2.13. The minimum atomic E-state index is -0.374. The lowest BCUT2D eigenvalue weighted by Crippen LogP contribution is -2.21. The Kier molecular flexibility index (Phi) is 3.56. The van der Waals surface area contributed by atoms with E-state index < -0.39 is 0 Å². The molecule has 3 heteroatoms. The van der Waals surface area contributed by atoms with Gasteiger partial charge >= 0.3 is 0 Å². The van der Waals surface area contributed by atoms with Crippen molar-refractivity contribution in [2.45, 2.75) is 13.8 Å². The highest BCUT2D eigenvalue weighted by Crippen LogP contribution is 2.24. The predicted octanol–water partition coefficient (Wildman–Crippen LogP) is 2.66. The van der Waals surface area contributed by atoms with Gasteiger partial charge in [0, 0.05) is 6.54 Å². The number of nitrogens with zero attached hydrogens (tertiary/aromatic N) is 1. The van der Waals surface area contributed by atoms with Gasteiger partial charge in [0.25, 0.3) is 0 Å². The molecule has 80 valence electrons. The maximum atomic E-state index is 8.88. The Balaban J connectivity index is 2.70. The Morgan fingerprint density at radius 2 is 2.07 bits per heavy atom. The van der Waals surface area contributed by atoms with Gasteiger partial charge in [0.05, 0.1) is 24.3 Å². The van der Waals surface area contributed by atoms with Crippen LogP contribution in [-0.4, -0.2) is 13.7 Å². The SMILES string of the molecule is COc1ccccc1NCC(C)(C)C#N. The van der Waals surface area contributed by atoms with E-state index in [1.165, 1.54) is 0 Å². The van der Waals surface area contributed by atoms with E-state index in [2.05, 4.69) is 11.4 Å².